The number of halogens is 1. The van der Waals surface area contributed by atoms with Crippen LogP contribution in [0.1, 0.15) is 11.1 Å². The smallest absolute Gasteiger partial charge is 0.123 e. The molecule has 0 fully saturated rings. The van der Waals surface area contributed by atoms with E-state index >= 15 is 0 Å². The first-order valence-electron chi connectivity index (χ1n) is 4.16. The molecule has 0 saturated carbocycles. The molecule has 0 atom stereocenters. The Kier molecular flexibility index (Phi) is 3.39. The highest BCUT2D eigenvalue weighted by atomic mass is 19.1. The summed E-state index contributed by atoms with van der Waals surface area (Å²) in [5, 5.41) is 8.84. The van der Waals surface area contributed by atoms with Crippen molar-refractivity contribution >= 4 is 0 Å². The van der Waals surface area contributed by atoms with E-state index in [1.807, 2.05) is 25.1 Å². The molecular formula is C10H14FNO. The maximum Gasteiger partial charge on any atom is 0.123 e. The van der Waals surface area contributed by atoms with E-state index < -0.39 is 0 Å². The van der Waals surface area contributed by atoms with Gasteiger partial charge in [0.2, 0.25) is 0 Å². The molecule has 2 nitrogen and oxygen atoms in total. The van der Waals surface area contributed by atoms with Crippen molar-refractivity contribution in [3.05, 3.63) is 35.1 Å². The fourth-order valence-electron chi connectivity index (χ4n) is 1.27. The van der Waals surface area contributed by atoms with E-state index in [2.05, 4.69) is 0 Å². The number of hydrogen-bond acceptors (Lipinski definition) is 2. The lowest BCUT2D eigenvalue weighted by atomic mass is 10.1. The summed E-state index contributed by atoms with van der Waals surface area (Å²) in [6.07, 6.45) is 0. The Labute approximate surface area is 77.6 Å². The number of rotatable bonds is 3. The first-order valence-corrected chi connectivity index (χ1v) is 4.16. The van der Waals surface area contributed by atoms with Gasteiger partial charge in [-0.2, -0.15) is 0 Å². The van der Waals surface area contributed by atoms with E-state index in [-0.39, 0.29) is 12.4 Å². The van der Waals surface area contributed by atoms with Crippen LogP contribution in [0, 0.1) is 5.82 Å². The van der Waals surface area contributed by atoms with E-state index in [1.165, 1.54) is 12.1 Å². The van der Waals surface area contributed by atoms with E-state index in [9.17, 15) is 4.39 Å². The normalized spacial score (nSPS) is 10.8. The van der Waals surface area contributed by atoms with Crippen molar-refractivity contribution in [1.29, 1.82) is 0 Å². The summed E-state index contributed by atoms with van der Waals surface area (Å²) < 4.78 is 12.9. The van der Waals surface area contributed by atoms with E-state index in [4.69, 9.17) is 5.11 Å². The highest BCUT2D eigenvalue weighted by Gasteiger charge is 2.00. The molecule has 0 aliphatic carbocycles. The molecule has 3 heteroatoms. The van der Waals surface area contributed by atoms with Crippen LogP contribution in [-0.4, -0.2) is 24.1 Å². The Morgan fingerprint density at radius 2 is 1.85 bits per heavy atom. The van der Waals surface area contributed by atoms with E-state index in [0.717, 1.165) is 5.56 Å². The topological polar surface area (TPSA) is 23.5 Å². The Bertz CT molecular complexity index is 286. The van der Waals surface area contributed by atoms with E-state index in [1.54, 1.807) is 0 Å². The summed E-state index contributed by atoms with van der Waals surface area (Å²) in [4.78, 5) is 1.95. The number of hydrogen-bond donors (Lipinski definition) is 1. The monoisotopic (exact) mass is 183 g/mol. The molecule has 0 amide bonds. The minimum atomic E-state index is -0.289. The average Bonchev–Trinajstić information content (AvgIpc) is 2.01. The Morgan fingerprint density at radius 3 is 2.38 bits per heavy atom. The zero-order valence-corrected chi connectivity index (χ0v) is 7.92. The summed E-state index contributed by atoms with van der Waals surface area (Å²) in [7, 11) is 3.84. The molecule has 0 aliphatic heterocycles. The van der Waals surface area contributed by atoms with Crippen molar-refractivity contribution < 1.29 is 9.50 Å². The van der Waals surface area contributed by atoms with Crippen LogP contribution in [0.4, 0.5) is 4.39 Å². The molecule has 1 rings (SSSR count). The van der Waals surface area contributed by atoms with E-state index in [0.29, 0.717) is 12.1 Å². The van der Waals surface area contributed by atoms with Crippen LogP contribution in [0.15, 0.2) is 18.2 Å². The van der Waals surface area contributed by atoms with Crippen LogP contribution in [0.5, 0.6) is 0 Å². The van der Waals surface area contributed by atoms with Gasteiger partial charge < -0.3 is 10.0 Å². The standard InChI is InChI=1S/C10H14FNO/c1-12(2)6-8-3-9(7-13)5-10(11)4-8/h3-5,13H,6-7H2,1-2H3. The summed E-state index contributed by atoms with van der Waals surface area (Å²) >= 11 is 0. The van der Waals surface area contributed by atoms with Gasteiger partial charge in [-0.25, -0.2) is 4.39 Å². The molecule has 0 aromatic heterocycles. The zero-order chi connectivity index (χ0) is 9.84. The van der Waals surface area contributed by atoms with Crippen LogP contribution >= 0.6 is 0 Å². The third-order valence-corrected chi connectivity index (χ3v) is 1.70. The van der Waals surface area contributed by atoms with Crippen LogP contribution in [-0.2, 0) is 13.2 Å². The fourth-order valence-corrected chi connectivity index (χ4v) is 1.27. The molecule has 1 aromatic rings. The lowest BCUT2D eigenvalue weighted by Gasteiger charge is -2.10. The second-order valence-electron chi connectivity index (χ2n) is 3.36. The van der Waals surface area contributed by atoms with Crippen molar-refractivity contribution in [2.24, 2.45) is 0 Å². The first kappa shape index (κ1) is 10.2. The molecule has 0 unspecified atom stereocenters. The summed E-state index contributed by atoms with van der Waals surface area (Å²) in [5.41, 5.74) is 1.51. The van der Waals surface area contributed by atoms with Crippen LogP contribution in [0.25, 0.3) is 0 Å². The highest BCUT2D eigenvalue weighted by Crippen LogP contribution is 2.10. The Morgan fingerprint density at radius 1 is 1.23 bits per heavy atom. The van der Waals surface area contributed by atoms with Gasteiger partial charge in [-0.3, -0.25) is 0 Å². The first-order chi connectivity index (χ1) is 6.11. The molecule has 0 heterocycles. The largest absolute Gasteiger partial charge is 0.392 e. The van der Waals surface area contributed by atoms with Gasteiger partial charge in [0.1, 0.15) is 5.82 Å². The van der Waals surface area contributed by atoms with Gasteiger partial charge in [-0.15, -0.1) is 0 Å². The molecule has 0 aliphatic rings. The van der Waals surface area contributed by atoms with Gasteiger partial charge in [0.05, 0.1) is 6.61 Å². The predicted molar refractivity (Wildman–Crippen MR) is 49.7 cm³/mol. The van der Waals surface area contributed by atoms with Crippen LogP contribution in [0.2, 0.25) is 0 Å². The third kappa shape index (κ3) is 3.13. The maximum atomic E-state index is 12.9. The summed E-state index contributed by atoms with van der Waals surface area (Å²) in [5.74, 6) is -0.289. The van der Waals surface area contributed by atoms with Gasteiger partial charge >= 0.3 is 0 Å². The van der Waals surface area contributed by atoms with Crippen LogP contribution in [0.3, 0.4) is 0 Å². The van der Waals surface area contributed by atoms with Crippen molar-refractivity contribution in [1.82, 2.24) is 4.90 Å². The Balaban J connectivity index is 2.88. The molecular weight excluding hydrogens is 169 g/mol. The molecule has 0 radical (unpaired) electrons. The van der Waals surface area contributed by atoms with Crippen molar-refractivity contribution in [3.63, 3.8) is 0 Å². The molecule has 72 valence electrons. The molecule has 1 N–H and O–H groups in total. The van der Waals surface area contributed by atoms with Crippen molar-refractivity contribution in [2.45, 2.75) is 13.2 Å². The lowest BCUT2D eigenvalue weighted by molar-refractivity contribution is 0.281. The molecule has 0 bridgehead atoms. The minimum absolute atomic E-state index is 0.113. The number of nitrogens with zero attached hydrogens (tertiary/aromatic N) is 1. The number of aliphatic hydroxyl groups excluding tert-OH is 1. The second kappa shape index (κ2) is 4.35. The number of aliphatic hydroxyl groups is 1. The predicted octanol–water partition coefficient (Wildman–Crippen LogP) is 1.38. The quantitative estimate of drug-likeness (QED) is 0.765. The fraction of sp³-hybridized carbons (Fsp3) is 0.400. The zero-order valence-electron chi connectivity index (χ0n) is 7.92. The molecule has 13 heavy (non-hydrogen) atoms. The molecule has 0 saturated heterocycles. The van der Waals surface area contributed by atoms with Gasteiger partial charge in [-0.05, 0) is 37.4 Å². The van der Waals surface area contributed by atoms with Crippen molar-refractivity contribution in [3.8, 4) is 0 Å². The van der Waals surface area contributed by atoms with Gasteiger partial charge in [-0.1, -0.05) is 6.07 Å². The van der Waals surface area contributed by atoms with Crippen molar-refractivity contribution in [2.75, 3.05) is 14.1 Å². The van der Waals surface area contributed by atoms with Gasteiger partial charge in [0.15, 0.2) is 0 Å². The highest BCUT2D eigenvalue weighted by molar-refractivity contribution is 5.24. The average molecular weight is 183 g/mol. The van der Waals surface area contributed by atoms with Gasteiger partial charge in [0, 0.05) is 6.54 Å². The lowest BCUT2D eigenvalue weighted by Crippen LogP contribution is -2.11. The molecule has 0 spiro atoms. The minimum Gasteiger partial charge on any atom is -0.392 e. The van der Waals surface area contributed by atoms with Crippen LogP contribution < -0.4 is 0 Å². The third-order valence-electron chi connectivity index (χ3n) is 1.70. The summed E-state index contributed by atoms with van der Waals surface area (Å²) in [6, 6.07) is 4.64. The second-order valence-corrected chi connectivity index (χ2v) is 3.36. The molecule has 1 aromatic carbocycles. The van der Waals surface area contributed by atoms with Gasteiger partial charge in [0.25, 0.3) is 0 Å². The maximum absolute atomic E-state index is 12.9. The Hall–Kier alpha value is -0.930. The SMILES string of the molecule is CN(C)Cc1cc(F)cc(CO)c1. The number of benzene rings is 1. The summed E-state index contributed by atoms with van der Waals surface area (Å²) in [6.45, 7) is 0.572.